The monoisotopic (exact) mass is 241 g/mol. The smallest absolute Gasteiger partial charge is 0.0921 e. The SMILES string of the molecule is c1ccc2c(c1)CCCC2NCCc1cnc[nH]1. The van der Waals surface area contributed by atoms with Crippen molar-refractivity contribution in [1.82, 2.24) is 15.3 Å². The number of aromatic amines is 1. The predicted octanol–water partition coefficient (Wildman–Crippen LogP) is 2.62. The minimum absolute atomic E-state index is 0.526. The normalized spacial score (nSPS) is 18.6. The molecular weight excluding hydrogens is 222 g/mol. The Morgan fingerprint density at radius 1 is 1.33 bits per heavy atom. The number of aryl methyl sites for hydroxylation is 1. The average molecular weight is 241 g/mol. The van der Waals surface area contributed by atoms with Gasteiger partial charge in [0.1, 0.15) is 0 Å². The maximum Gasteiger partial charge on any atom is 0.0921 e. The molecule has 1 aliphatic rings. The van der Waals surface area contributed by atoms with Gasteiger partial charge in [-0.25, -0.2) is 4.98 Å². The number of rotatable bonds is 4. The second-order valence-corrected chi connectivity index (χ2v) is 4.92. The van der Waals surface area contributed by atoms with Gasteiger partial charge in [-0.15, -0.1) is 0 Å². The molecule has 0 saturated carbocycles. The fourth-order valence-electron chi connectivity index (χ4n) is 2.77. The first kappa shape index (κ1) is 11.5. The molecule has 1 aromatic carbocycles. The molecule has 2 N–H and O–H groups in total. The van der Waals surface area contributed by atoms with E-state index >= 15 is 0 Å². The van der Waals surface area contributed by atoms with Crippen LogP contribution < -0.4 is 5.32 Å². The van der Waals surface area contributed by atoms with Crippen LogP contribution in [0.25, 0.3) is 0 Å². The van der Waals surface area contributed by atoms with Crippen LogP contribution in [0, 0.1) is 0 Å². The van der Waals surface area contributed by atoms with Gasteiger partial charge in [-0.1, -0.05) is 24.3 Å². The van der Waals surface area contributed by atoms with E-state index in [2.05, 4.69) is 39.6 Å². The van der Waals surface area contributed by atoms with E-state index in [0.29, 0.717) is 6.04 Å². The van der Waals surface area contributed by atoms with Crippen molar-refractivity contribution >= 4 is 0 Å². The Bertz CT molecular complexity index is 490. The Morgan fingerprint density at radius 3 is 3.17 bits per heavy atom. The largest absolute Gasteiger partial charge is 0.348 e. The third kappa shape index (κ3) is 2.46. The van der Waals surface area contributed by atoms with Gasteiger partial charge in [0, 0.05) is 30.9 Å². The highest BCUT2D eigenvalue weighted by Gasteiger charge is 2.18. The summed E-state index contributed by atoms with van der Waals surface area (Å²) in [7, 11) is 0. The van der Waals surface area contributed by atoms with Crippen molar-refractivity contribution in [2.75, 3.05) is 6.54 Å². The van der Waals surface area contributed by atoms with Crippen molar-refractivity contribution in [2.45, 2.75) is 31.7 Å². The lowest BCUT2D eigenvalue weighted by Crippen LogP contribution is -2.27. The summed E-state index contributed by atoms with van der Waals surface area (Å²) in [6.07, 6.45) is 8.42. The first-order chi connectivity index (χ1) is 8.93. The molecule has 1 heterocycles. The lowest BCUT2D eigenvalue weighted by molar-refractivity contribution is 0.462. The van der Waals surface area contributed by atoms with Crippen molar-refractivity contribution in [3.63, 3.8) is 0 Å². The summed E-state index contributed by atoms with van der Waals surface area (Å²) in [4.78, 5) is 7.18. The van der Waals surface area contributed by atoms with Crippen molar-refractivity contribution in [1.29, 1.82) is 0 Å². The summed E-state index contributed by atoms with van der Waals surface area (Å²) in [5, 5.41) is 3.67. The Kier molecular flexibility index (Phi) is 3.42. The fourth-order valence-corrected chi connectivity index (χ4v) is 2.77. The second kappa shape index (κ2) is 5.36. The van der Waals surface area contributed by atoms with Crippen LogP contribution in [0.2, 0.25) is 0 Å². The Hall–Kier alpha value is -1.61. The van der Waals surface area contributed by atoms with Crippen LogP contribution in [0.4, 0.5) is 0 Å². The van der Waals surface area contributed by atoms with Gasteiger partial charge in [-0.3, -0.25) is 0 Å². The Morgan fingerprint density at radius 2 is 2.28 bits per heavy atom. The molecule has 1 atom stereocenters. The highest BCUT2D eigenvalue weighted by Crippen LogP contribution is 2.29. The van der Waals surface area contributed by atoms with Crippen LogP contribution in [0.1, 0.15) is 35.7 Å². The molecule has 0 bridgehead atoms. The third-order valence-electron chi connectivity index (χ3n) is 3.71. The molecule has 0 radical (unpaired) electrons. The number of fused-ring (bicyclic) bond motifs is 1. The van der Waals surface area contributed by atoms with Gasteiger partial charge in [-0.05, 0) is 30.4 Å². The van der Waals surface area contributed by atoms with Crippen LogP contribution >= 0.6 is 0 Å². The van der Waals surface area contributed by atoms with Gasteiger partial charge >= 0.3 is 0 Å². The van der Waals surface area contributed by atoms with Gasteiger partial charge in [0.05, 0.1) is 6.33 Å². The van der Waals surface area contributed by atoms with Crippen LogP contribution in [0.5, 0.6) is 0 Å². The van der Waals surface area contributed by atoms with E-state index in [-0.39, 0.29) is 0 Å². The number of H-pyrrole nitrogens is 1. The maximum absolute atomic E-state index is 4.04. The Labute approximate surface area is 108 Å². The number of nitrogens with zero attached hydrogens (tertiary/aromatic N) is 1. The van der Waals surface area contributed by atoms with Gasteiger partial charge in [-0.2, -0.15) is 0 Å². The quantitative estimate of drug-likeness (QED) is 0.864. The van der Waals surface area contributed by atoms with E-state index in [9.17, 15) is 0 Å². The summed E-state index contributed by atoms with van der Waals surface area (Å²) in [6, 6.07) is 9.35. The van der Waals surface area contributed by atoms with E-state index in [1.165, 1.54) is 36.1 Å². The number of hydrogen-bond donors (Lipinski definition) is 2. The number of hydrogen-bond acceptors (Lipinski definition) is 2. The summed E-state index contributed by atoms with van der Waals surface area (Å²) in [5.41, 5.74) is 4.21. The highest BCUT2D eigenvalue weighted by atomic mass is 14.9. The number of nitrogens with one attached hydrogen (secondary N) is 2. The van der Waals surface area contributed by atoms with Crippen LogP contribution in [-0.4, -0.2) is 16.5 Å². The Balaban J connectivity index is 1.60. The minimum Gasteiger partial charge on any atom is -0.348 e. The van der Waals surface area contributed by atoms with Crippen molar-refractivity contribution in [3.8, 4) is 0 Å². The molecule has 1 aliphatic carbocycles. The molecule has 0 spiro atoms. The van der Waals surface area contributed by atoms with E-state index in [1.807, 2.05) is 6.20 Å². The van der Waals surface area contributed by atoms with Crippen LogP contribution in [0.3, 0.4) is 0 Å². The molecule has 1 unspecified atom stereocenters. The van der Waals surface area contributed by atoms with E-state index in [4.69, 9.17) is 0 Å². The second-order valence-electron chi connectivity index (χ2n) is 4.92. The zero-order valence-corrected chi connectivity index (χ0v) is 10.5. The molecule has 2 aromatic rings. The molecule has 3 rings (SSSR count). The van der Waals surface area contributed by atoms with Crippen LogP contribution in [0.15, 0.2) is 36.8 Å². The molecule has 0 saturated heterocycles. The molecule has 0 fully saturated rings. The standard InChI is InChI=1S/C15H19N3/c1-2-6-14-12(4-1)5-3-7-15(14)17-9-8-13-10-16-11-18-13/h1-2,4,6,10-11,15,17H,3,5,7-9H2,(H,16,18). The first-order valence-electron chi connectivity index (χ1n) is 6.72. The summed E-state index contributed by atoms with van der Waals surface area (Å²) in [6.45, 7) is 1.00. The van der Waals surface area contributed by atoms with Gasteiger partial charge < -0.3 is 10.3 Å². The molecule has 94 valence electrons. The lowest BCUT2D eigenvalue weighted by atomic mass is 9.88. The number of imidazole rings is 1. The van der Waals surface area contributed by atoms with E-state index in [1.54, 1.807) is 6.33 Å². The van der Waals surface area contributed by atoms with Crippen molar-refractivity contribution < 1.29 is 0 Å². The fraction of sp³-hybridized carbons (Fsp3) is 0.400. The van der Waals surface area contributed by atoms with Gasteiger partial charge in [0.15, 0.2) is 0 Å². The average Bonchev–Trinajstić information content (AvgIpc) is 2.92. The van der Waals surface area contributed by atoms with Crippen molar-refractivity contribution in [3.05, 3.63) is 53.6 Å². The molecular formula is C15H19N3. The summed E-state index contributed by atoms with van der Waals surface area (Å²) in [5.74, 6) is 0. The predicted molar refractivity (Wildman–Crippen MR) is 72.4 cm³/mol. The van der Waals surface area contributed by atoms with E-state index < -0.39 is 0 Å². The molecule has 1 aromatic heterocycles. The molecule has 0 amide bonds. The lowest BCUT2D eigenvalue weighted by Gasteiger charge is -2.26. The van der Waals surface area contributed by atoms with Gasteiger partial charge in [0.25, 0.3) is 0 Å². The summed E-state index contributed by atoms with van der Waals surface area (Å²) >= 11 is 0. The zero-order chi connectivity index (χ0) is 12.2. The molecule has 3 heteroatoms. The van der Waals surface area contributed by atoms with Crippen LogP contribution in [-0.2, 0) is 12.8 Å². The van der Waals surface area contributed by atoms with Crippen molar-refractivity contribution in [2.24, 2.45) is 0 Å². The summed E-state index contributed by atoms with van der Waals surface area (Å²) < 4.78 is 0. The topological polar surface area (TPSA) is 40.7 Å². The minimum atomic E-state index is 0.526. The third-order valence-corrected chi connectivity index (χ3v) is 3.71. The molecule has 0 aliphatic heterocycles. The number of benzene rings is 1. The first-order valence-corrected chi connectivity index (χ1v) is 6.72. The van der Waals surface area contributed by atoms with E-state index in [0.717, 1.165) is 13.0 Å². The number of aromatic nitrogens is 2. The van der Waals surface area contributed by atoms with Gasteiger partial charge in [0.2, 0.25) is 0 Å². The zero-order valence-electron chi connectivity index (χ0n) is 10.5. The molecule has 3 nitrogen and oxygen atoms in total. The maximum atomic E-state index is 4.04. The molecule has 18 heavy (non-hydrogen) atoms. The highest BCUT2D eigenvalue weighted by molar-refractivity contribution is 5.32.